The van der Waals surface area contributed by atoms with Gasteiger partial charge in [-0.15, -0.1) is 0 Å². The number of halogens is 1. The first-order chi connectivity index (χ1) is 16.4. The molecule has 10 heteroatoms. The van der Waals surface area contributed by atoms with Gasteiger partial charge in [-0.3, -0.25) is 9.10 Å². The molecule has 8 nitrogen and oxygen atoms in total. The molecule has 0 atom stereocenters. The molecule has 34 heavy (non-hydrogen) atoms. The first-order valence-electron chi connectivity index (χ1n) is 11.5. The number of fused-ring (bicyclic) bond motifs is 1. The summed E-state index contributed by atoms with van der Waals surface area (Å²) in [6, 6.07) is 9.38. The van der Waals surface area contributed by atoms with Gasteiger partial charge in [-0.05, 0) is 49.6 Å². The second kappa shape index (κ2) is 11.1. The van der Waals surface area contributed by atoms with Crippen LogP contribution in [0.5, 0.6) is 11.5 Å². The van der Waals surface area contributed by atoms with Gasteiger partial charge >= 0.3 is 0 Å². The molecule has 1 aliphatic carbocycles. The second-order valence-corrected chi connectivity index (χ2v) is 10.1. The summed E-state index contributed by atoms with van der Waals surface area (Å²) in [5, 5.41) is 2.73. The summed E-state index contributed by atoms with van der Waals surface area (Å²) in [6.07, 6.45) is 5.45. The number of anilines is 1. The van der Waals surface area contributed by atoms with Crippen LogP contribution in [0.25, 0.3) is 0 Å². The van der Waals surface area contributed by atoms with Gasteiger partial charge in [0.2, 0.25) is 5.91 Å². The number of nitrogens with zero attached hydrogens (tertiary/aromatic N) is 1. The molecule has 2 aromatic rings. The van der Waals surface area contributed by atoms with E-state index in [1.165, 1.54) is 49.2 Å². The van der Waals surface area contributed by atoms with E-state index in [9.17, 15) is 17.6 Å². The molecule has 1 saturated carbocycles. The number of hydrogen-bond donors (Lipinski definition) is 1. The van der Waals surface area contributed by atoms with E-state index in [1.807, 2.05) is 0 Å². The third kappa shape index (κ3) is 5.98. The lowest BCUT2D eigenvalue weighted by Crippen LogP contribution is -2.41. The Kier molecular flexibility index (Phi) is 7.89. The fourth-order valence-electron chi connectivity index (χ4n) is 4.05. The number of carbonyl (C=O) groups is 1. The lowest BCUT2D eigenvalue weighted by Gasteiger charge is -2.25. The number of hydrogen-bond acceptors (Lipinski definition) is 6. The van der Waals surface area contributed by atoms with Crippen LogP contribution in [0.15, 0.2) is 47.4 Å². The van der Waals surface area contributed by atoms with Crippen LogP contribution in [-0.2, 0) is 19.6 Å². The standard InChI is InChI=1S/C24H29FN2O6S/c25-18-5-3-6-19(15-18)27(17-24(28)26-11-4-12-31-20-7-1-2-8-20)34(29,30)21-9-10-22-23(16-21)33-14-13-32-22/h3,5-6,9-10,15-16,20H,1-2,4,7-8,11-14,17H2,(H,26,28). The van der Waals surface area contributed by atoms with Gasteiger partial charge in [0, 0.05) is 19.2 Å². The quantitative estimate of drug-likeness (QED) is 0.512. The third-order valence-electron chi connectivity index (χ3n) is 5.78. The summed E-state index contributed by atoms with van der Waals surface area (Å²) in [5.74, 6) is -0.353. The predicted molar refractivity (Wildman–Crippen MR) is 124 cm³/mol. The molecule has 0 aromatic heterocycles. The average Bonchev–Trinajstić information content (AvgIpc) is 3.35. The van der Waals surface area contributed by atoms with E-state index in [4.69, 9.17) is 14.2 Å². The van der Waals surface area contributed by atoms with E-state index in [-0.39, 0.29) is 10.6 Å². The van der Waals surface area contributed by atoms with Gasteiger partial charge in [0.25, 0.3) is 10.0 Å². The van der Waals surface area contributed by atoms with Crippen molar-refractivity contribution in [1.29, 1.82) is 0 Å². The minimum Gasteiger partial charge on any atom is -0.486 e. The van der Waals surface area contributed by atoms with Gasteiger partial charge in [-0.2, -0.15) is 0 Å². The molecule has 4 rings (SSSR count). The molecule has 0 saturated heterocycles. The number of rotatable bonds is 10. The van der Waals surface area contributed by atoms with Crippen molar-refractivity contribution in [3.05, 3.63) is 48.3 Å². The first-order valence-corrected chi connectivity index (χ1v) is 12.9. The summed E-state index contributed by atoms with van der Waals surface area (Å²) >= 11 is 0. The monoisotopic (exact) mass is 492 g/mol. The Labute approximate surface area is 199 Å². The Hall–Kier alpha value is -2.85. The van der Waals surface area contributed by atoms with Crippen LogP contribution in [-0.4, -0.2) is 53.3 Å². The highest BCUT2D eigenvalue weighted by molar-refractivity contribution is 7.92. The Morgan fingerprint density at radius 3 is 2.62 bits per heavy atom. The molecular formula is C24H29FN2O6S. The van der Waals surface area contributed by atoms with Crippen molar-refractivity contribution in [2.45, 2.75) is 43.1 Å². The third-order valence-corrected chi connectivity index (χ3v) is 7.55. The summed E-state index contributed by atoms with van der Waals surface area (Å²) in [6.45, 7) is 1.07. The van der Waals surface area contributed by atoms with Crippen LogP contribution in [0.1, 0.15) is 32.1 Å². The van der Waals surface area contributed by atoms with Gasteiger partial charge in [-0.25, -0.2) is 12.8 Å². The second-order valence-electron chi connectivity index (χ2n) is 8.28. The minimum absolute atomic E-state index is 0.0506. The van der Waals surface area contributed by atoms with E-state index in [1.54, 1.807) is 0 Å². The van der Waals surface area contributed by atoms with Crippen LogP contribution >= 0.6 is 0 Å². The summed E-state index contributed by atoms with van der Waals surface area (Å²) in [5.41, 5.74) is 0.0506. The van der Waals surface area contributed by atoms with Crippen molar-refractivity contribution in [3.63, 3.8) is 0 Å². The largest absolute Gasteiger partial charge is 0.486 e. The lowest BCUT2D eigenvalue weighted by molar-refractivity contribution is -0.119. The van der Waals surface area contributed by atoms with Gasteiger partial charge in [-0.1, -0.05) is 18.9 Å². The maximum Gasteiger partial charge on any atom is 0.264 e. The van der Waals surface area contributed by atoms with Crippen LogP contribution in [0.3, 0.4) is 0 Å². The van der Waals surface area contributed by atoms with E-state index in [2.05, 4.69) is 5.32 Å². The van der Waals surface area contributed by atoms with E-state index in [0.717, 1.165) is 23.2 Å². The molecule has 184 valence electrons. The molecule has 0 radical (unpaired) electrons. The van der Waals surface area contributed by atoms with Crippen molar-refractivity contribution in [1.82, 2.24) is 5.32 Å². The van der Waals surface area contributed by atoms with E-state index >= 15 is 0 Å². The van der Waals surface area contributed by atoms with Gasteiger partial charge < -0.3 is 19.5 Å². The Bertz CT molecular complexity index is 1100. The number of amides is 1. The van der Waals surface area contributed by atoms with E-state index in [0.29, 0.717) is 50.4 Å². The summed E-state index contributed by atoms with van der Waals surface area (Å²) < 4.78 is 58.5. The molecule has 2 aromatic carbocycles. The van der Waals surface area contributed by atoms with Crippen molar-refractivity contribution in [2.24, 2.45) is 0 Å². The molecule has 0 unspecified atom stereocenters. The van der Waals surface area contributed by atoms with Crippen molar-refractivity contribution in [3.8, 4) is 11.5 Å². The number of nitrogens with one attached hydrogen (secondary N) is 1. The molecule has 2 aliphatic rings. The van der Waals surface area contributed by atoms with Crippen LogP contribution < -0.4 is 19.1 Å². The van der Waals surface area contributed by atoms with Crippen LogP contribution in [0.2, 0.25) is 0 Å². The molecule has 1 N–H and O–H groups in total. The lowest BCUT2D eigenvalue weighted by atomic mass is 10.3. The van der Waals surface area contributed by atoms with Gasteiger partial charge in [0.15, 0.2) is 11.5 Å². The highest BCUT2D eigenvalue weighted by Crippen LogP contribution is 2.34. The van der Waals surface area contributed by atoms with Crippen molar-refractivity contribution in [2.75, 3.05) is 37.2 Å². The zero-order valence-electron chi connectivity index (χ0n) is 18.9. The van der Waals surface area contributed by atoms with E-state index < -0.39 is 28.3 Å². The van der Waals surface area contributed by atoms with Crippen molar-refractivity contribution >= 4 is 21.6 Å². The molecular weight excluding hydrogens is 463 g/mol. The van der Waals surface area contributed by atoms with Gasteiger partial charge in [0.1, 0.15) is 25.6 Å². The highest BCUT2D eigenvalue weighted by Gasteiger charge is 2.29. The zero-order valence-corrected chi connectivity index (χ0v) is 19.7. The molecule has 0 spiro atoms. The zero-order chi connectivity index (χ0) is 24.0. The topological polar surface area (TPSA) is 94.2 Å². The Morgan fingerprint density at radius 2 is 1.85 bits per heavy atom. The van der Waals surface area contributed by atoms with Crippen LogP contribution in [0.4, 0.5) is 10.1 Å². The number of benzene rings is 2. The summed E-state index contributed by atoms with van der Waals surface area (Å²) in [4.78, 5) is 12.6. The Balaban J connectivity index is 1.45. The molecule has 1 amide bonds. The predicted octanol–water partition coefficient (Wildman–Crippen LogP) is 3.26. The normalized spacial score (nSPS) is 15.8. The SMILES string of the molecule is O=C(CN(c1cccc(F)c1)S(=O)(=O)c1ccc2c(c1)OCCO2)NCCCOC1CCCC1. The van der Waals surface area contributed by atoms with Gasteiger partial charge in [0.05, 0.1) is 16.7 Å². The van der Waals surface area contributed by atoms with Crippen molar-refractivity contribution < 1.29 is 31.8 Å². The molecule has 1 heterocycles. The molecule has 1 aliphatic heterocycles. The maximum atomic E-state index is 13.9. The van der Waals surface area contributed by atoms with Crippen LogP contribution in [0, 0.1) is 5.82 Å². The molecule has 0 bridgehead atoms. The fourth-order valence-corrected chi connectivity index (χ4v) is 5.48. The number of carbonyl (C=O) groups excluding carboxylic acids is 1. The fraction of sp³-hybridized carbons (Fsp3) is 0.458. The maximum absolute atomic E-state index is 13.9. The average molecular weight is 493 g/mol. The molecule has 1 fully saturated rings. The minimum atomic E-state index is -4.20. The number of sulfonamides is 1. The first kappa shape index (κ1) is 24.3. The smallest absolute Gasteiger partial charge is 0.264 e. The summed E-state index contributed by atoms with van der Waals surface area (Å²) in [7, 11) is -4.20. The number of ether oxygens (including phenoxy) is 3. The highest BCUT2D eigenvalue weighted by atomic mass is 32.2. The Morgan fingerprint density at radius 1 is 1.09 bits per heavy atom.